The Labute approximate surface area is 115 Å². The number of nitriles is 1. The molecule has 0 aliphatic heterocycles. The normalized spacial score (nSPS) is 19.2. The maximum absolute atomic E-state index is 12.2. The summed E-state index contributed by atoms with van der Waals surface area (Å²) in [7, 11) is -1.45. The zero-order valence-electron chi connectivity index (χ0n) is 10.9. The number of nitrogens with one attached hydrogen (secondary N) is 1. The van der Waals surface area contributed by atoms with Crippen molar-refractivity contribution in [3.8, 4) is 6.07 Å². The van der Waals surface area contributed by atoms with Gasteiger partial charge in [-0.3, -0.25) is 0 Å². The lowest BCUT2D eigenvalue weighted by molar-refractivity contribution is 0.532. The largest absolute Gasteiger partial charge is 0.192 e. The minimum atomic E-state index is -1.45. The van der Waals surface area contributed by atoms with E-state index in [1.807, 2.05) is 32.2 Å². The van der Waals surface area contributed by atoms with Crippen molar-refractivity contribution in [2.24, 2.45) is 5.92 Å². The Balaban J connectivity index is 2.14. The second kappa shape index (κ2) is 5.12. The van der Waals surface area contributed by atoms with Gasteiger partial charge in [0.25, 0.3) is 0 Å². The number of thiophene rings is 1. The van der Waals surface area contributed by atoms with Gasteiger partial charge < -0.3 is 0 Å². The molecule has 18 heavy (non-hydrogen) atoms. The van der Waals surface area contributed by atoms with Crippen LogP contribution < -0.4 is 4.72 Å². The van der Waals surface area contributed by atoms with E-state index in [1.54, 1.807) is 11.3 Å². The standard InChI is InChI=1S/C13H18N2OS2/c1-13(2,3)18(16)15-12(10-4-5-10)11-6-9(7-14)8-17-11/h6,8,10,12H,4-5H2,1-3H3,(H,15,16)/p+1/t12-,18?/m1/s1. The smallest absolute Gasteiger partial charge is 0.147 e. The van der Waals surface area contributed by atoms with Gasteiger partial charge in [-0.25, -0.2) is 0 Å². The fraction of sp³-hybridized carbons (Fsp3) is 0.615. The molecule has 1 aromatic heterocycles. The summed E-state index contributed by atoms with van der Waals surface area (Å²) in [6.45, 7) is 5.95. The Morgan fingerprint density at radius 3 is 2.67 bits per heavy atom. The minimum absolute atomic E-state index is 0.153. The van der Waals surface area contributed by atoms with E-state index in [2.05, 4.69) is 10.8 Å². The molecule has 0 amide bonds. The second-order valence-electron chi connectivity index (χ2n) is 5.76. The number of hydrogen-bond acceptors (Lipinski definition) is 3. The van der Waals surface area contributed by atoms with Gasteiger partial charge in [-0.1, -0.05) is 4.21 Å². The Bertz CT molecular complexity index is 492. The molecule has 98 valence electrons. The van der Waals surface area contributed by atoms with Crippen LogP contribution in [0.4, 0.5) is 0 Å². The van der Waals surface area contributed by atoms with Gasteiger partial charge >= 0.3 is 0 Å². The molecular formula is C13H19N2OS2+. The second-order valence-corrected chi connectivity index (χ2v) is 8.89. The van der Waals surface area contributed by atoms with E-state index in [1.165, 1.54) is 12.8 Å². The average Bonchev–Trinajstić information content (AvgIpc) is 3.02. The Hall–Kier alpha value is -0.700. The number of nitrogens with zero attached hydrogens (tertiary/aromatic N) is 1. The summed E-state index contributed by atoms with van der Waals surface area (Å²) < 4.78 is 15.3. The summed E-state index contributed by atoms with van der Waals surface area (Å²) >= 11 is 1.59. The molecule has 1 heterocycles. The van der Waals surface area contributed by atoms with E-state index in [4.69, 9.17) is 5.26 Å². The Kier molecular flexibility index (Phi) is 3.90. The molecule has 2 rings (SSSR count). The molecule has 1 saturated carbocycles. The molecule has 0 aromatic carbocycles. The first-order valence-corrected chi connectivity index (χ1v) is 8.28. The van der Waals surface area contributed by atoms with Gasteiger partial charge in [0.15, 0.2) is 0 Å². The van der Waals surface area contributed by atoms with Gasteiger partial charge in [0.05, 0.1) is 11.6 Å². The van der Waals surface area contributed by atoms with E-state index >= 15 is 0 Å². The lowest BCUT2D eigenvalue weighted by Crippen LogP contribution is -2.35. The summed E-state index contributed by atoms with van der Waals surface area (Å²) in [5.74, 6) is 0.580. The van der Waals surface area contributed by atoms with Crippen LogP contribution in [0.3, 0.4) is 0 Å². The van der Waals surface area contributed by atoms with E-state index < -0.39 is 11.0 Å². The molecule has 1 aliphatic rings. The molecule has 0 radical (unpaired) electrons. The molecule has 5 heteroatoms. The topological polar surface area (TPSA) is 52.9 Å². The fourth-order valence-corrected chi connectivity index (χ4v) is 3.78. The quantitative estimate of drug-likeness (QED) is 0.682. The van der Waals surface area contributed by atoms with Gasteiger partial charge in [-0.2, -0.15) is 5.26 Å². The van der Waals surface area contributed by atoms with Gasteiger partial charge in [0, 0.05) is 10.3 Å². The zero-order chi connectivity index (χ0) is 13.3. The summed E-state index contributed by atoms with van der Waals surface area (Å²) in [6, 6.07) is 4.23. The first kappa shape index (κ1) is 13.7. The van der Waals surface area contributed by atoms with Crippen molar-refractivity contribution in [3.05, 3.63) is 21.9 Å². The van der Waals surface area contributed by atoms with Gasteiger partial charge in [-0.15, -0.1) is 16.1 Å². The third-order valence-corrected chi connectivity index (χ3v) is 5.76. The van der Waals surface area contributed by atoms with E-state index in [0.29, 0.717) is 11.5 Å². The highest BCUT2D eigenvalue weighted by atomic mass is 32.2. The van der Waals surface area contributed by atoms with Crippen LogP contribution in [0.15, 0.2) is 11.4 Å². The molecule has 0 saturated heterocycles. The minimum Gasteiger partial charge on any atom is -0.192 e. The predicted octanol–water partition coefficient (Wildman–Crippen LogP) is 3.07. The van der Waals surface area contributed by atoms with Crippen molar-refractivity contribution >= 4 is 22.3 Å². The van der Waals surface area contributed by atoms with Crippen molar-refractivity contribution in [2.75, 3.05) is 0 Å². The number of hydrogen-bond donors (Lipinski definition) is 1. The van der Waals surface area contributed by atoms with Crippen LogP contribution >= 0.6 is 11.3 Å². The first-order valence-electron chi connectivity index (χ1n) is 6.14. The third-order valence-electron chi connectivity index (χ3n) is 3.01. The molecule has 1 aromatic rings. The SMILES string of the molecule is CC(C)(C)[SH+](=O)N[C@@H](c1cc(C#N)cs1)C1CC1. The van der Waals surface area contributed by atoms with Gasteiger partial charge in [0.2, 0.25) is 0 Å². The number of thiol groups is 1. The summed E-state index contributed by atoms with van der Waals surface area (Å²) in [4.78, 5) is 1.14. The van der Waals surface area contributed by atoms with Crippen molar-refractivity contribution in [1.29, 1.82) is 5.26 Å². The van der Waals surface area contributed by atoms with Crippen LogP contribution in [0.5, 0.6) is 0 Å². The molecule has 1 aliphatic carbocycles. The zero-order valence-corrected chi connectivity index (χ0v) is 12.6. The Morgan fingerprint density at radius 2 is 2.22 bits per heavy atom. The molecule has 2 atom stereocenters. The summed E-state index contributed by atoms with van der Waals surface area (Å²) in [6.07, 6.45) is 2.37. The van der Waals surface area contributed by atoms with Crippen LogP contribution in [-0.4, -0.2) is 4.75 Å². The van der Waals surface area contributed by atoms with E-state index in [-0.39, 0.29) is 10.8 Å². The lowest BCUT2D eigenvalue weighted by Gasteiger charge is -2.18. The predicted molar refractivity (Wildman–Crippen MR) is 76.8 cm³/mol. The molecule has 3 nitrogen and oxygen atoms in total. The fourth-order valence-electron chi connectivity index (χ4n) is 1.73. The molecule has 1 N–H and O–H groups in total. The third kappa shape index (κ3) is 3.19. The van der Waals surface area contributed by atoms with Crippen LogP contribution in [0.1, 0.15) is 50.1 Å². The monoisotopic (exact) mass is 283 g/mol. The van der Waals surface area contributed by atoms with Gasteiger partial charge in [-0.05, 0) is 45.6 Å². The first-order chi connectivity index (χ1) is 8.41. The molecular weight excluding hydrogens is 264 g/mol. The molecule has 0 bridgehead atoms. The maximum atomic E-state index is 12.2. The molecule has 1 fully saturated rings. The average molecular weight is 283 g/mol. The molecule has 1 unspecified atom stereocenters. The highest BCUT2D eigenvalue weighted by molar-refractivity contribution is 7.84. The lowest BCUT2D eigenvalue weighted by atomic mass is 10.1. The van der Waals surface area contributed by atoms with Gasteiger partial charge in [0.1, 0.15) is 21.8 Å². The van der Waals surface area contributed by atoms with Crippen LogP contribution in [0.25, 0.3) is 0 Å². The van der Waals surface area contributed by atoms with Crippen molar-refractivity contribution < 1.29 is 4.21 Å². The maximum Gasteiger partial charge on any atom is 0.147 e. The van der Waals surface area contributed by atoms with Crippen LogP contribution in [-0.2, 0) is 15.2 Å². The van der Waals surface area contributed by atoms with Crippen molar-refractivity contribution in [2.45, 2.75) is 44.4 Å². The Morgan fingerprint density at radius 1 is 1.56 bits per heavy atom. The van der Waals surface area contributed by atoms with Crippen molar-refractivity contribution in [1.82, 2.24) is 4.72 Å². The molecule has 0 spiro atoms. The highest BCUT2D eigenvalue weighted by Gasteiger charge is 2.38. The van der Waals surface area contributed by atoms with E-state index in [0.717, 1.165) is 4.88 Å². The van der Waals surface area contributed by atoms with Crippen molar-refractivity contribution in [3.63, 3.8) is 0 Å². The summed E-state index contributed by atoms with van der Waals surface area (Å²) in [5, 5.41) is 10.7. The summed E-state index contributed by atoms with van der Waals surface area (Å²) in [5.41, 5.74) is 0.702. The number of rotatable bonds is 4. The van der Waals surface area contributed by atoms with E-state index in [9.17, 15) is 4.21 Å². The highest BCUT2D eigenvalue weighted by Crippen LogP contribution is 2.43. The van der Waals surface area contributed by atoms with Crippen LogP contribution in [0, 0.1) is 17.2 Å². The van der Waals surface area contributed by atoms with Crippen LogP contribution in [0.2, 0.25) is 0 Å².